The third kappa shape index (κ3) is 3.16. The molecule has 4 heteroatoms. The molecule has 3 rings (SSSR count). The number of azo groups is 1. The van der Waals surface area contributed by atoms with Gasteiger partial charge in [0.15, 0.2) is 5.82 Å². The maximum atomic E-state index is 4.52. The minimum atomic E-state index is 0.537. The number of pyridine rings is 1. The fourth-order valence-electron chi connectivity index (χ4n) is 2.19. The number of nitrogens with zero attached hydrogens (tertiary/aromatic N) is 3. The molecule has 0 amide bonds. The predicted molar refractivity (Wildman–Crippen MR) is 88.8 cm³/mol. The van der Waals surface area contributed by atoms with Gasteiger partial charge in [0, 0.05) is 9.86 Å². The monoisotopic (exact) mass is 339 g/mol. The smallest absolute Gasteiger partial charge is 0.174 e. The normalized spacial score (nSPS) is 11.3. The SMILES string of the molecule is Cc1cc(N=NCc2ccccc2Br)nc2ccccc12. The molecule has 0 spiro atoms. The van der Waals surface area contributed by atoms with Gasteiger partial charge in [0.2, 0.25) is 0 Å². The number of halogens is 1. The lowest BCUT2D eigenvalue weighted by Crippen LogP contribution is -1.84. The van der Waals surface area contributed by atoms with Crippen LogP contribution in [0, 0.1) is 6.92 Å². The molecular formula is C17H14BrN3. The van der Waals surface area contributed by atoms with Crippen LogP contribution in [0.3, 0.4) is 0 Å². The van der Waals surface area contributed by atoms with Crippen LogP contribution in [0.15, 0.2) is 69.3 Å². The topological polar surface area (TPSA) is 37.6 Å². The minimum absolute atomic E-state index is 0.537. The first-order valence-electron chi connectivity index (χ1n) is 6.71. The van der Waals surface area contributed by atoms with Gasteiger partial charge < -0.3 is 0 Å². The van der Waals surface area contributed by atoms with Crippen molar-refractivity contribution in [2.45, 2.75) is 13.5 Å². The second kappa shape index (κ2) is 6.14. The van der Waals surface area contributed by atoms with Gasteiger partial charge in [-0.25, -0.2) is 4.98 Å². The Bertz CT molecular complexity index is 812. The molecule has 0 N–H and O–H groups in total. The maximum Gasteiger partial charge on any atom is 0.174 e. The highest BCUT2D eigenvalue weighted by atomic mass is 79.9. The largest absolute Gasteiger partial charge is 0.227 e. The summed E-state index contributed by atoms with van der Waals surface area (Å²) in [6.07, 6.45) is 0. The van der Waals surface area contributed by atoms with Crippen molar-refractivity contribution in [1.29, 1.82) is 0 Å². The van der Waals surface area contributed by atoms with Crippen LogP contribution in [0.1, 0.15) is 11.1 Å². The van der Waals surface area contributed by atoms with Crippen LogP contribution in [0.25, 0.3) is 10.9 Å². The van der Waals surface area contributed by atoms with Crippen LogP contribution < -0.4 is 0 Å². The average molecular weight is 340 g/mol. The van der Waals surface area contributed by atoms with Gasteiger partial charge in [-0.15, -0.1) is 5.11 Å². The van der Waals surface area contributed by atoms with Crippen LogP contribution in [0.5, 0.6) is 0 Å². The fourth-order valence-corrected chi connectivity index (χ4v) is 2.60. The number of rotatable bonds is 3. The van der Waals surface area contributed by atoms with Gasteiger partial charge in [-0.05, 0) is 36.2 Å². The molecule has 0 fully saturated rings. The van der Waals surface area contributed by atoms with Crippen molar-refractivity contribution in [3.8, 4) is 0 Å². The quantitative estimate of drug-likeness (QED) is 0.573. The second-order valence-corrected chi connectivity index (χ2v) is 5.66. The van der Waals surface area contributed by atoms with E-state index in [0.29, 0.717) is 12.4 Å². The van der Waals surface area contributed by atoms with Crippen molar-refractivity contribution in [1.82, 2.24) is 4.98 Å². The molecule has 104 valence electrons. The molecule has 3 nitrogen and oxygen atoms in total. The summed E-state index contributed by atoms with van der Waals surface area (Å²) < 4.78 is 1.05. The molecule has 2 aromatic carbocycles. The van der Waals surface area contributed by atoms with E-state index in [1.165, 1.54) is 0 Å². The highest BCUT2D eigenvalue weighted by Crippen LogP contribution is 2.22. The van der Waals surface area contributed by atoms with Gasteiger partial charge in [-0.1, -0.05) is 52.3 Å². The lowest BCUT2D eigenvalue weighted by atomic mass is 10.1. The number of fused-ring (bicyclic) bond motifs is 1. The number of aryl methyl sites for hydroxylation is 1. The molecule has 1 heterocycles. The predicted octanol–water partition coefficient (Wildman–Crippen LogP) is 5.59. The number of benzene rings is 2. The Morgan fingerprint density at radius 1 is 1.05 bits per heavy atom. The van der Waals surface area contributed by atoms with Gasteiger partial charge >= 0.3 is 0 Å². The Morgan fingerprint density at radius 2 is 1.81 bits per heavy atom. The van der Waals surface area contributed by atoms with E-state index in [4.69, 9.17) is 0 Å². The molecule has 0 aliphatic rings. The van der Waals surface area contributed by atoms with E-state index < -0.39 is 0 Å². The third-order valence-electron chi connectivity index (χ3n) is 3.28. The van der Waals surface area contributed by atoms with Crippen LogP contribution in [0.4, 0.5) is 5.82 Å². The summed E-state index contributed by atoms with van der Waals surface area (Å²) in [5.41, 5.74) is 3.22. The van der Waals surface area contributed by atoms with Crippen LogP contribution >= 0.6 is 15.9 Å². The molecule has 0 atom stereocenters. The lowest BCUT2D eigenvalue weighted by molar-refractivity contribution is 0.944. The molecule has 1 aromatic heterocycles. The van der Waals surface area contributed by atoms with E-state index in [2.05, 4.69) is 44.1 Å². The van der Waals surface area contributed by atoms with Gasteiger partial charge in [0.25, 0.3) is 0 Å². The van der Waals surface area contributed by atoms with Gasteiger partial charge in [-0.3, -0.25) is 0 Å². The van der Waals surface area contributed by atoms with Crippen LogP contribution in [-0.4, -0.2) is 4.98 Å². The molecule has 0 bridgehead atoms. The Kier molecular flexibility index (Phi) is 4.06. The first-order valence-corrected chi connectivity index (χ1v) is 7.50. The number of hydrogen-bond donors (Lipinski definition) is 0. The van der Waals surface area contributed by atoms with Crippen molar-refractivity contribution >= 4 is 32.7 Å². The highest BCUT2D eigenvalue weighted by Gasteiger charge is 2.01. The van der Waals surface area contributed by atoms with E-state index in [1.807, 2.05) is 48.5 Å². The zero-order chi connectivity index (χ0) is 14.7. The van der Waals surface area contributed by atoms with Gasteiger partial charge in [0.05, 0.1) is 12.1 Å². The fraction of sp³-hybridized carbons (Fsp3) is 0.118. The summed E-state index contributed by atoms with van der Waals surface area (Å²) in [7, 11) is 0. The van der Waals surface area contributed by atoms with Crippen LogP contribution in [-0.2, 0) is 6.54 Å². The summed E-state index contributed by atoms with van der Waals surface area (Å²) in [5.74, 6) is 0.651. The van der Waals surface area contributed by atoms with Crippen molar-refractivity contribution in [3.05, 3.63) is 70.2 Å². The molecule has 0 radical (unpaired) electrons. The summed E-state index contributed by atoms with van der Waals surface area (Å²) in [4.78, 5) is 4.52. The first kappa shape index (κ1) is 13.9. The van der Waals surface area contributed by atoms with Crippen molar-refractivity contribution in [2.24, 2.45) is 10.2 Å². The molecule has 0 aliphatic heterocycles. The molecule has 0 saturated carbocycles. The second-order valence-electron chi connectivity index (χ2n) is 4.81. The van der Waals surface area contributed by atoms with Crippen molar-refractivity contribution in [2.75, 3.05) is 0 Å². The summed E-state index contributed by atoms with van der Waals surface area (Å²) >= 11 is 3.51. The highest BCUT2D eigenvalue weighted by molar-refractivity contribution is 9.10. The molecule has 0 unspecified atom stereocenters. The number of aromatic nitrogens is 1. The first-order chi connectivity index (χ1) is 10.2. The Balaban J connectivity index is 1.85. The molecule has 0 saturated heterocycles. The summed E-state index contributed by atoms with van der Waals surface area (Å²) in [5, 5.41) is 9.65. The molecule has 3 aromatic rings. The lowest BCUT2D eigenvalue weighted by Gasteiger charge is -2.02. The third-order valence-corrected chi connectivity index (χ3v) is 4.06. The molecule has 0 aliphatic carbocycles. The Hall–Kier alpha value is -2.07. The Labute approximate surface area is 131 Å². The van der Waals surface area contributed by atoms with E-state index in [0.717, 1.165) is 26.5 Å². The van der Waals surface area contributed by atoms with E-state index in [-0.39, 0.29) is 0 Å². The van der Waals surface area contributed by atoms with Gasteiger partial charge in [-0.2, -0.15) is 5.11 Å². The summed E-state index contributed by atoms with van der Waals surface area (Å²) in [6, 6.07) is 18.0. The van der Waals surface area contributed by atoms with Crippen molar-refractivity contribution < 1.29 is 0 Å². The molecule has 21 heavy (non-hydrogen) atoms. The zero-order valence-electron chi connectivity index (χ0n) is 11.6. The van der Waals surface area contributed by atoms with Gasteiger partial charge in [0.1, 0.15) is 0 Å². The van der Waals surface area contributed by atoms with Crippen LogP contribution in [0.2, 0.25) is 0 Å². The number of hydrogen-bond acceptors (Lipinski definition) is 3. The van der Waals surface area contributed by atoms with E-state index >= 15 is 0 Å². The van der Waals surface area contributed by atoms with E-state index in [1.54, 1.807) is 0 Å². The average Bonchev–Trinajstić information content (AvgIpc) is 2.49. The minimum Gasteiger partial charge on any atom is -0.227 e. The number of para-hydroxylation sites is 1. The summed E-state index contributed by atoms with van der Waals surface area (Å²) in [6.45, 7) is 2.60. The maximum absolute atomic E-state index is 4.52. The van der Waals surface area contributed by atoms with E-state index in [9.17, 15) is 0 Å². The standard InChI is InChI=1S/C17H14BrN3/c1-12-10-17(20-16-9-5-3-7-14(12)16)21-19-11-13-6-2-4-8-15(13)18/h2-10H,11H2,1H3. The van der Waals surface area contributed by atoms with Crippen molar-refractivity contribution in [3.63, 3.8) is 0 Å². The Morgan fingerprint density at radius 3 is 2.67 bits per heavy atom. The zero-order valence-corrected chi connectivity index (χ0v) is 13.2. The molecular weight excluding hydrogens is 326 g/mol.